The van der Waals surface area contributed by atoms with Gasteiger partial charge in [-0.1, -0.05) is 6.92 Å². The Morgan fingerprint density at radius 1 is 1.21 bits per heavy atom. The van der Waals surface area contributed by atoms with Crippen LogP contribution in [0.25, 0.3) is 0 Å². The maximum atomic E-state index is 9.47. The van der Waals surface area contributed by atoms with Gasteiger partial charge in [-0.2, -0.15) is 5.26 Å². The number of aryl methyl sites for hydroxylation is 1. The summed E-state index contributed by atoms with van der Waals surface area (Å²) in [7, 11) is 0. The molecule has 0 radical (unpaired) electrons. The van der Waals surface area contributed by atoms with Crippen molar-refractivity contribution in [1.82, 2.24) is 25.1 Å². The lowest BCUT2D eigenvalue weighted by Crippen LogP contribution is -2.13. The average Bonchev–Trinajstić information content (AvgIpc) is 3.38. The van der Waals surface area contributed by atoms with Crippen molar-refractivity contribution in [2.24, 2.45) is 10.2 Å². The lowest BCUT2D eigenvalue weighted by atomic mass is 10.3. The van der Waals surface area contributed by atoms with Crippen molar-refractivity contribution in [1.29, 1.82) is 5.26 Å². The van der Waals surface area contributed by atoms with Crippen LogP contribution < -0.4 is 16.0 Å². The summed E-state index contributed by atoms with van der Waals surface area (Å²) < 4.78 is 1.81. The van der Waals surface area contributed by atoms with E-state index in [-0.39, 0.29) is 6.04 Å². The molecule has 0 aliphatic carbocycles. The second-order valence-corrected chi connectivity index (χ2v) is 6.80. The van der Waals surface area contributed by atoms with Crippen molar-refractivity contribution in [3.63, 3.8) is 0 Å². The van der Waals surface area contributed by atoms with Gasteiger partial charge in [0.25, 0.3) is 0 Å². The lowest BCUT2D eigenvalue weighted by Gasteiger charge is -2.12. The summed E-state index contributed by atoms with van der Waals surface area (Å²) in [4.78, 5) is 9.21. The number of nitriles is 1. The van der Waals surface area contributed by atoms with Crippen LogP contribution in [0.5, 0.6) is 0 Å². The van der Waals surface area contributed by atoms with Gasteiger partial charge in [0, 0.05) is 32.3 Å². The lowest BCUT2D eigenvalue weighted by molar-refractivity contribution is 0.491. The number of hydrogen-bond donors (Lipinski definition) is 3. The Morgan fingerprint density at radius 2 is 1.93 bits per heavy atom. The van der Waals surface area contributed by atoms with Gasteiger partial charge in [0.2, 0.25) is 5.82 Å². The maximum absolute atomic E-state index is 9.47. The van der Waals surface area contributed by atoms with E-state index < -0.39 is 0 Å². The molecule has 2 aromatic heterocycles. The van der Waals surface area contributed by atoms with Crippen molar-refractivity contribution in [2.45, 2.75) is 46.1 Å². The molecule has 0 saturated carbocycles. The van der Waals surface area contributed by atoms with E-state index in [0.29, 0.717) is 41.8 Å². The first kappa shape index (κ1) is 20.7. The molecule has 3 N–H and O–H groups in total. The maximum Gasteiger partial charge on any atom is 0.213 e. The molecular weight excluding hydrogens is 368 g/mol. The molecule has 1 aliphatic rings. The largest absolute Gasteiger partial charge is 0.368 e. The zero-order chi connectivity index (χ0) is 20.6. The highest BCUT2D eigenvalue weighted by molar-refractivity contribution is 5.73. The highest BCUT2D eigenvalue weighted by atomic mass is 15.4. The van der Waals surface area contributed by atoms with Gasteiger partial charge in [-0.25, -0.2) is 9.97 Å². The molecule has 3 heterocycles. The van der Waals surface area contributed by atoms with E-state index in [1.54, 1.807) is 6.20 Å². The zero-order valence-electron chi connectivity index (χ0n) is 17.2. The van der Waals surface area contributed by atoms with E-state index >= 15 is 0 Å². The first-order valence-electron chi connectivity index (χ1n) is 10.2. The molecule has 0 aromatic carbocycles. The normalized spacial score (nSPS) is 16.3. The highest BCUT2D eigenvalue weighted by Gasteiger charge is 2.20. The Labute approximate surface area is 170 Å². The molecule has 154 valence electrons. The number of hydrogen-bond acceptors (Lipinski definition) is 9. The predicted octanol–water partition coefficient (Wildman–Crippen LogP) is 3.31. The Bertz CT molecular complexity index is 862. The molecular formula is C19H28N10. The molecule has 1 saturated heterocycles. The van der Waals surface area contributed by atoms with Gasteiger partial charge in [0.15, 0.2) is 17.3 Å². The minimum atomic E-state index is 0.234. The number of azo groups is 1. The van der Waals surface area contributed by atoms with Crippen molar-refractivity contribution < 1.29 is 0 Å². The molecule has 1 fully saturated rings. The van der Waals surface area contributed by atoms with Crippen LogP contribution in [0.1, 0.15) is 51.0 Å². The Kier molecular flexibility index (Phi) is 7.08. The van der Waals surface area contributed by atoms with E-state index in [2.05, 4.69) is 54.2 Å². The molecule has 1 unspecified atom stereocenters. The standard InChI is InChI=1S/C19H28N10/c1-4-7-15-24-18(22-5-2)16(19(25-15)23-6-3)26-27-17-13(10-20)12-29(28-17)14-8-9-21-11-14/h12,14,21H,4-9,11H2,1-3H3,(H2,22,23,24,25). The van der Waals surface area contributed by atoms with Crippen LogP contribution in [0.2, 0.25) is 0 Å². The third-order valence-electron chi connectivity index (χ3n) is 4.58. The molecule has 2 aromatic rings. The van der Waals surface area contributed by atoms with Crippen molar-refractivity contribution in [3.8, 4) is 6.07 Å². The molecule has 10 nitrogen and oxygen atoms in total. The summed E-state index contributed by atoms with van der Waals surface area (Å²) in [6, 6.07) is 2.39. The van der Waals surface area contributed by atoms with Gasteiger partial charge in [-0.3, -0.25) is 4.68 Å². The van der Waals surface area contributed by atoms with Crippen LogP contribution in [-0.4, -0.2) is 45.9 Å². The monoisotopic (exact) mass is 396 g/mol. The number of aromatic nitrogens is 4. The SMILES string of the molecule is CCCc1nc(NCC)c(N=Nc2nn(C3CCNC3)cc2C#N)c(NCC)n1. The molecule has 3 rings (SSSR count). The fourth-order valence-corrected chi connectivity index (χ4v) is 3.20. The third-order valence-corrected chi connectivity index (χ3v) is 4.58. The van der Waals surface area contributed by atoms with E-state index in [9.17, 15) is 5.26 Å². The number of nitrogens with zero attached hydrogens (tertiary/aromatic N) is 7. The summed E-state index contributed by atoms with van der Waals surface area (Å²) in [6.45, 7) is 9.28. The van der Waals surface area contributed by atoms with E-state index in [1.165, 1.54) is 0 Å². The van der Waals surface area contributed by atoms with E-state index in [0.717, 1.165) is 38.2 Å². The Balaban J connectivity index is 1.97. The predicted molar refractivity (Wildman–Crippen MR) is 112 cm³/mol. The zero-order valence-corrected chi connectivity index (χ0v) is 17.2. The van der Waals surface area contributed by atoms with Gasteiger partial charge in [-0.05, 0) is 33.2 Å². The highest BCUT2D eigenvalue weighted by Crippen LogP contribution is 2.33. The summed E-state index contributed by atoms with van der Waals surface area (Å²) in [5.74, 6) is 2.32. The number of anilines is 2. The Morgan fingerprint density at radius 3 is 2.48 bits per heavy atom. The van der Waals surface area contributed by atoms with E-state index in [4.69, 9.17) is 0 Å². The van der Waals surface area contributed by atoms with Crippen molar-refractivity contribution >= 4 is 23.1 Å². The van der Waals surface area contributed by atoms with Crippen LogP contribution in [0.15, 0.2) is 16.4 Å². The third kappa shape index (κ3) is 4.86. The first-order chi connectivity index (χ1) is 14.2. The van der Waals surface area contributed by atoms with Gasteiger partial charge in [-0.15, -0.1) is 15.3 Å². The van der Waals surface area contributed by atoms with Gasteiger partial charge >= 0.3 is 0 Å². The van der Waals surface area contributed by atoms with Crippen LogP contribution in [-0.2, 0) is 6.42 Å². The topological polar surface area (TPSA) is 128 Å². The van der Waals surface area contributed by atoms with Crippen molar-refractivity contribution in [3.05, 3.63) is 17.6 Å². The summed E-state index contributed by atoms with van der Waals surface area (Å²) in [5.41, 5.74) is 0.925. The fraction of sp³-hybridized carbons (Fsp3) is 0.579. The number of nitrogens with one attached hydrogen (secondary N) is 3. The smallest absolute Gasteiger partial charge is 0.213 e. The minimum absolute atomic E-state index is 0.234. The quantitative estimate of drug-likeness (QED) is 0.555. The molecule has 1 atom stereocenters. The second-order valence-electron chi connectivity index (χ2n) is 6.80. The summed E-state index contributed by atoms with van der Waals surface area (Å²) >= 11 is 0. The van der Waals surface area contributed by atoms with Gasteiger partial charge < -0.3 is 16.0 Å². The van der Waals surface area contributed by atoms with Gasteiger partial charge in [0.1, 0.15) is 17.5 Å². The second kappa shape index (κ2) is 9.93. The fourth-order valence-electron chi connectivity index (χ4n) is 3.20. The van der Waals surface area contributed by atoms with Crippen LogP contribution in [0, 0.1) is 11.3 Å². The first-order valence-corrected chi connectivity index (χ1v) is 10.2. The van der Waals surface area contributed by atoms with Crippen LogP contribution in [0.3, 0.4) is 0 Å². The van der Waals surface area contributed by atoms with E-state index in [1.807, 2.05) is 18.5 Å². The average molecular weight is 397 g/mol. The molecule has 0 spiro atoms. The molecule has 0 bridgehead atoms. The number of rotatable bonds is 9. The molecule has 0 amide bonds. The summed E-state index contributed by atoms with van der Waals surface area (Å²) in [5, 5.41) is 32.4. The van der Waals surface area contributed by atoms with Gasteiger partial charge in [0.05, 0.1) is 6.04 Å². The molecule has 10 heteroatoms. The van der Waals surface area contributed by atoms with Crippen LogP contribution >= 0.6 is 0 Å². The van der Waals surface area contributed by atoms with Crippen LogP contribution in [0.4, 0.5) is 23.1 Å². The van der Waals surface area contributed by atoms with Crippen molar-refractivity contribution in [2.75, 3.05) is 36.8 Å². The molecule has 1 aliphatic heterocycles. The summed E-state index contributed by atoms with van der Waals surface area (Å²) in [6.07, 6.45) is 4.46. The minimum Gasteiger partial charge on any atom is -0.368 e. The molecule has 29 heavy (non-hydrogen) atoms. The Hall–Kier alpha value is -3.06.